The van der Waals surface area contributed by atoms with E-state index in [9.17, 15) is 9.50 Å². The molecule has 2 aromatic carbocycles. The first-order valence-electron chi connectivity index (χ1n) is 7.04. The lowest BCUT2D eigenvalue weighted by Crippen LogP contribution is -2.10. The van der Waals surface area contributed by atoms with Crippen molar-refractivity contribution in [2.24, 2.45) is 0 Å². The lowest BCUT2D eigenvalue weighted by molar-refractivity contribution is 0.190. The molecule has 0 saturated heterocycles. The summed E-state index contributed by atoms with van der Waals surface area (Å²) in [5.74, 6) is 0.514. The van der Waals surface area contributed by atoms with E-state index in [0.717, 1.165) is 5.56 Å². The summed E-state index contributed by atoms with van der Waals surface area (Å²) in [6, 6.07) is 12.3. The van der Waals surface area contributed by atoms with Gasteiger partial charge in [0.15, 0.2) is 0 Å². The SMILES string of the molecule is CC(O)c1c(F)cccc1Oc1cccc(C(C)(C)C)c1. The molecule has 1 atom stereocenters. The molecule has 0 amide bonds. The second kappa shape index (κ2) is 5.86. The van der Waals surface area contributed by atoms with E-state index in [1.807, 2.05) is 24.3 Å². The van der Waals surface area contributed by atoms with Crippen LogP contribution in [0.5, 0.6) is 11.5 Å². The van der Waals surface area contributed by atoms with Crippen LogP contribution in [0.15, 0.2) is 42.5 Å². The van der Waals surface area contributed by atoms with Crippen LogP contribution < -0.4 is 4.74 Å². The van der Waals surface area contributed by atoms with Crippen LogP contribution in [0.2, 0.25) is 0 Å². The van der Waals surface area contributed by atoms with Gasteiger partial charge in [0.1, 0.15) is 17.3 Å². The average Bonchev–Trinajstić information content (AvgIpc) is 2.37. The van der Waals surface area contributed by atoms with Crippen molar-refractivity contribution in [1.82, 2.24) is 0 Å². The molecule has 0 aliphatic rings. The van der Waals surface area contributed by atoms with Crippen molar-refractivity contribution in [3.05, 3.63) is 59.4 Å². The normalized spacial score (nSPS) is 13.0. The number of benzene rings is 2. The molecule has 0 aromatic heterocycles. The summed E-state index contributed by atoms with van der Waals surface area (Å²) in [7, 11) is 0. The molecule has 2 nitrogen and oxygen atoms in total. The Balaban J connectivity index is 2.37. The largest absolute Gasteiger partial charge is 0.457 e. The maximum absolute atomic E-state index is 13.8. The van der Waals surface area contributed by atoms with E-state index in [1.165, 1.54) is 13.0 Å². The highest BCUT2D eigenvalue weighted by molar-refractivity contribution is 5.41. The third kappa shape index (κ3) is 3.61. The van der Waals surface area contributed by atoms with Crippen LogP contribution in [0.1, 0.15) is 44.9 Å². The van der Waals surface area contributed by atoms with Gasteiger partial charge < -0.3 is 9.84 Å². The molecule has 2 aromatic rings. The van der Waals surface area contributed by atoms with Crippen molar-refractivity contribution in [3.8, 4) is 11.5 Å². The van der Waals surface area contributed by atoms with Crippen LogP contribution in [-0.2, 0) is 5.41 Å². The lowest BCUT2D eigenvalue weighted by Gasteiger charge is -2.20. The number of aliphatic hydroxyl groups excluding tert-OH is 1. The molecule has 1 unspecified atom stereocenters. The first-order chi connectivity index (χ1) is 9.79. The predicted molar refractivity (Wildman–Crippen MR) is 82.2 cm³/mol. The molecular formula is C18H21FO2. The highest BCUT2D eigenvalue weighted by Gasteiger charge is 2.17. The smallest absolute Gasteiger partial charge is 0.136 e. The number of ether oxygens (including phenoxy) is 1. The van der Waals surface area contributed by atoms with Gasteiger partial charge in [0.2, 0.25) is 0 Å². The van der Waals surface area contributed by atoms with Crippen LogP contribution in [0.3, 0.4) is 0 Å². The van der Waals surface area contributed by atoms with E-state index in [2.05, 4.69) is 20.8 Å². The van der Waals surface area contributed by atoms with E-state index >= 15 is 0 Å². The Morgan fingerprint density at radius 1 is 1.10 bits per heavy atom. The molecule has 1 N–H and O–H groups in total. The van der Waals surface area contributed by atoms with Crippen molar-refractivity contribution in [3.63, 3.8) is 0 Å². The second-order valence-corrected chi connectivity index (χ2v) is 6.21. The molecule has 3 heteroatoms. The zero-order chi connectivity index (χ0) is 15.6. The van der Waals surface area contributed by atoms with Crippen LogP contribution in [-0.4, -0.2) is 5.11 Å². The zero-order valence-electron chi connectivity index (χ0n) is 12.9. The molecule has 0 bridgehead atoms. The topological polar surface area (TPSA) is 29.5 Å². The first-order valence-corrected chi connectivity index (χ1v) is 7.04. The Kier molecular flexibility index (Phi) is 4.33. The first kappa shape index (κ1) is 15.5. The quantitative estimate of drug-likeness (QED) is 0.864. The summed E-state index contributed by atoms with van der Waals surface area (Å²) >= 11 is 0. The van der Waals surface area contributed by atoms with Gasteiger partial charge in [0.25, 0.3) is 0 Å². The zero-order valence-corrected chi connectivity index (χ0v) is 12.9. The highest BCUT2D eigenvalue weighted by atomic mass is 19.1. The van der Waals surface area contributed by atoms with Crippen molar-refractivity contribution < 1.29 is 14.2 Å². The Bertz CT molecular complexity index is 627. The van der Waals surface area contributed by atoms with E-state index in [4.69, 9.17) is 4.74 Å². The van der Waals surface area contributed by atoms with Crippen LogP contribution in [0.4, 0.5) is 4.39 Å². The summed E-state index contributed by atoms with van der Waals surface area (Å²) in [6.45, 7) is 7.89. The molecule has 0 spiro atoms. The Hall–Kier alpha value is -1.87. The molecule has 112 valence electrons. The Morgan fingerprint density at radius 3 is 2.38 bits per heavy atom. The fraction of sp³-hybridized carbons (Fsp3) is 0.333. The van der Waals surface area contributed by atoms with Crippen LogP contribution in [0.25, 0.3) is 0 Å². The molecule has 0 radical (unpaired) electrons. The van der Waals surface area contributed by atoms with Gasteiger partial charge in [-0.15, -0.1) is 0 Å². The van der Waals surface area contributed by atoms with E-state index < -0.39 is 11.9 Å². The van der Waals surface area contributed by atoms with Gasteiger partial charge in [-0.25, -0.2) is 4.39 Å². The van der Waals surface area contributed by atoms with Gasteiger partial charge in [-0.05, 0) is 42.2 Å². The van der Waals surface area contributed by atoms with Gasteiger partial charge in [0.05, 0.1) is 11.7 Å². The minimum atomic E-state index is -0.924. The summed E-state index contributed by atoms with van der Waals surface area (Å²) in [6.07, 6.45) is -0.924. The van der Waals surface area contributed by atoms with Gasteiger partial charge in [-0.3, -0.25) is 0 Å². The number of hydrogen-bond acceptors (Lipinski definition) is 2. The standard InChI is InChI=1S/C18H21FO2/c1-12(20)17-15(19)9-6-10-16(17)21-14-8-5-7-13(11-14)18(2,3)4/h5-12,20H,1-4H3. The average molecular weight is 288 g/mol. The van der Waals surface area contributed by atoms with Gasteiger partial charge in [-0.2, -0.15) is 0 Å². The maximum atomic E-state index is 13.8. The van der Waals surface area contributed by atoms with Crippen molar-refractivity contribution >= 4 is 0 Å². The molecule has 0 aliphatic carbocycles. The summed E-state index contributed by atoms with van der Waals surface area (Å²) in [4.78, 5) is 0. The maximum Gasteiger partial charge on any atom is 0.136 e. The van der Waals surface area contributed by atoms with Crippen molar-refractivity contribution in [1.29, 1.82) is 0 Å². The fourth-order valence-corrected chi connectivity index (χ4v) is 2.16. The van der Waals surface area contributed by atoms with E-state index in [1.54, 1.807) is 12.1 Å². The molecule has 0 heterocycles. The van der Waals surface area contributed by atoms with Crippen LogP contribution in [0, 0.1) is 5.82 Å². The molecule has 21 heavy (non-hydrogen) atoms. The summed E-state index contributed by atoms with van der Waals surface area (Å²) in [5, 5.41) is 9.73. The van der Waals surface area contributed by atoms with Crippen molar-refractivity contribution in [2.45, 2.75) is 39.2 Å². The molecule has 0 fully saturated rings. The van der Waals surface area contributed by atoms with Gasteiger partial charge in [-0.1, -0.05) is 39.0 Å². The number of halogens is 1. The second-order valence-electron chi connectivity index (χ2n) is 6.21. The van der Waals surface area contributed by atoms with Gasteiger partial charge in [0, 0.05) is 0 Å². The number of hydrogen-bond donors (Lipinski definition) is 1. The third-order valence-corrected chi connectivity index (χ3v) is 3.36. The highest BCUT2D eigenvalue weighted by Crippen LogP contribution is 2.33. The van der Waals surface area contributed by atoms with Crippen LogP contribution >= 0.6 is 0 Å². The van der Waals surface area contributed by atoms with E-state index in [0.29, 0.717) is 11.5 Å². The molecule has 0 saturated carbocycles. The number of rotatable bonds is 3. The monoisotopic (exact) mass is 288 g/mol. The number of aliphatic hydroxyl groups is 1. The molecule has 0 aliphatic heterocycles. The predicted octanol–water partition coefficient (Wildman–Crippen LogP) is 4.97. The van der Waals surface area contributed by atoms with Crippen molar-refractivity contribution in [2.75, 3.05) is 0 Å². The minimum Gasteiger partial charge on any atom is -0.457 e. The lowest BCUT2D eigenvalue weighted by atomic mass is 9.87. The van der Waals surface area contributed by atoms with E-state index in [-0.39, 0.29) is 11.0 Å². The molecule has 2 rings (SSSR count). The molecular weight excluding hydrogens is 267 g/mol. The third-order valence-electron chi connectivity index (χ3n) is 3.36. The van der Waals surface area contributed by atoms with Gasteiger partial charge >= 0.3 is 0 Å². The summed E-state index contributed by atoms with van der Waals surface area (Å²) in [5.41, 5.74) is 1.32. The minimum absolute atomic E-state index is 0.00834. The Morgan fingerprint density at radius 2 is 1.76 bits per heavy atom. The summed E-state index contributed by atoms with van der Waals surface area (Å²) < 4.78 is 19.6. The fourth-order valence-electron chi connectivity index (χ4n) is 2.16. The Labute approximate surface area is 125 Å².